The van der Waals surface area contributed by atoms with E-state index in [-0.39, 0.29) is 0 Å². The van der Waals surface area contributed by atoms with Gasteiger partial charge in [0.05, 0.1) is 23.6 Å². The van der Waals surface area contributed by atoms with E-state index in [4.69, 9.17) is 0 Å². The number of fused-ring (bicyclic) bond motifs is 1. The zero-order valence-electron chi connectivity index (χ0n) is 11.5. The average Bonchev–Trinajstić information content (AvgIpc) is 3.13. The van der Waals surface area contributed by atoms with Crippen LogP contribution in [-0.4, -0.2) is 24.5 Å². The second-order valence-electron chi connectivity index (χ2n) is 4.96. The number of aryl methyl sites for hydroxylation is 1. The normalized spacial score (nSPS) is 11.1. The third-order valence-electron chi connectivity index (χ3n) is 3.45. The number of nitrogens with zero attached hydrogens (tertiary/aromatic N) is 5. The van der Waals surface area contributed by atoms with Crippen LogP contribution < -0.4 is 0 Å². The maximum atomic E-state index is 4.58. The van der Waals surface area contributed by atoms with E-state index in [1.54, 1.807) is 17.1 Å². The Morgan fingerprint density at radius 3 is 2.71 bits per heavy atom. The Balaban J connectivity index is 1.82. The van der Waals surface area contributed by atoms with E-state index in [0.717, 1.165) is 27.7 Å². The molecule has 0 aliphatic carbocycles. The highest BCUT2D eigenvalue weighted by Crippen LogP contribution is 2.24. The van der Waals surface area contributed by atoms with E-state index < -0.39 is 0 Å². The number of rotatable bonds is 2. The lowest BCUT2D eigenvalue weighted by Crippen LogP contribution is -1.93. The molecule has 0 bridgehead atoms. The maximum absolute atomic E-state index is 4.58. The zero-order chi connectivity index (χ0) is 14.2. The van der Waals surface area contributed by atoms with Crippen LogP contribution >= 0.6 is 0 Å². The van der Waals surface area contributed by atoms with Crippen molar-refractivity contribution in [3.63, 3.8) is 0 Å². The quantitative estimate of drug-likeness (QED) is 0.565. The fourth-order valence-corrected chi connectivity index (χ4v) is 2.40. The summed E-state index contributed by atoms with van der Waals surface area (Å²) in [6.45, 7) is 0. The monoisotopic (exact) mass is 275 g/mol. The van der Waals surface area contributed by atoms with Gasteiger partial charge in [-0.15, -0.1) is 0 Å². The molecule has 0 fully saturated rings. The van der Waals surface area contributed by atoms with Crippen LogP contribution in [0.4, 0.5) is 0 Å². The lowest BCUT2D eigenvalue weighted by molar-refractivity contribution is 0.768. The Morgan fingerprint density at radius 2 is 1.95 bits per heavy atom. The lowest BCUT2D eigenvalue weighted by atomic mass is 10.1. The van der Waals surface area contributed by atoms with E-state index in [0.29, 0.717) is 0 Å². The Labute approximate surface area is 121 Å². The predicted molar refractivity (Wildman–Crippen MR) is 81.1 cm³/mol. The van der Waals surface area contributed by atoms with E-state index in [1.165, 1.54) is 0 Å². The largest absolute Gasteiger partial charge is 0.275 e. The third kappa shape index (κ3) is 2.08. The van der Waals surface area contributed by atoms with Crippen LogP contribution in [0.3, 0.4) is 0 Å². The molecule has 0 amide bonds. The molecule has 5 heteroatoms. The summed E-state index contributed by atoms with van der Waals surface area (Å²) in [5.74, 6) is 0. The Kier molecular flexibility index (Phi) is 2.57. The van der Waals surface area contributed by atoms with Crippen LogP contribution in [0.5, 0.6) is 0 Å². The summed E-state index contributed by atoms with van der Waals surface area (Å²) in [5.41, 5.74) is 4.16. The maximum Gasteiger partial charge on any atom is 0.0928 e. The molecule has 0 aliphatic rings. The van der Waals surface area contributed by atoms with Crippen LogP contribution in [0.15, 0.2) is 61.3 Å². The molecule has 3 aromatic heterocycles. The van der Waals surface area contributed by atoms with E-state index >= 15 is 0 Å². The average molecular weight is 275 g/mol. The van der Waals surface area contributed by atoms with Crippen molar-refractivity contribution in [3.05, 3.63) is 61.3 Å². The fourth-order valence-electron chi connectivity index (χ4n) is 2.40. The molecule has 0 aliphatic heterocycles. The molecule has 5 nitrogen and oxygen atoms in total. The second kappa shape index (κ2) is 4.56. The molecule has 0 spiro atoms. The third-order valence-corrected chi connectivity index (χ3v) is 3.45. The van der Waals surface area contributed by atoms with Gasteiger partial charge >= 0.3 is 0 Å². The summed E-state index contributed by atoms with van der Waals surface area (Å²) in [6, 6.07) is 10.1. The van der Waals surface area contributed by atoms with E-state index in [9.17, 15) is 0 Å². The Morgan fingerprint density at radius 1 is 1.00 bits per heavy atom. The van der Waals surface area contributed by atoms with Gasteiger partial charge in [0.2, 0.25) is 0 Å². The minimum atomic E-state index is 0.955. The van der Waals surface area contributed by atoms with Crippen molar-refractivity contribution >= 4 is 10.9 Å². The van der Waals surface area contributed by atoms with Crippen molar-refractivity contribution in [1.82, 2.24) is 24.5 Å². The summed E-state index contributed by atoms with van der Waals surface area (Å²) in [5, 5.41) is 9.89. The van der Waals surface area contributed by atoms with Crippen LogP contribution in [0.1, 0.15) is 0 Å². The van der Waals surface area contributed by atoms with Crippen molar-refractivity contribution < 1.29 is 0 Å². The van der Waals surface area contributed by atoms with Gasteiger partial charge in [-0.25, -0.2) is 4.68 Å². The van der Waals surface area contributed by atoms with Crippen LogP contribution in [0.25, 0.3) is 27.7 Å². The summed E-state index contributed by atoms with van der Waals surface area (Å²) < 4.78 is 3.66. The molecule has 4 aromatic rings. The van der Waals surface area contributed by atoms with E-state index in [1.807, 2.05) is 48.5 Å². The number of hydrogen-bond donors (Lipinski definition) is 0. The first kappa shape index (κ1) is 11.8. The SMILES string of the molecule is Cn1cc(-c2ccc3nn(-c4cccnc4)cc3c2)cn1. The highest BCUT2D eigenvalue weighted by atomic mass is 15.3. The van der Waals surface area contributed by atoms with Gasteiger partial charge in [0.25, 0.3) is 0 Å². The molecule has 102 valence electrons. The molecule has 0 N–H and O–H groups in total. The number of aromatic nitrogens is 5. The molecule has 4 rings (SSSR count). The van der Waals surface area contributed by atoms with Crippen LogP contribution in [-0.2, 0) is 7.05 Å². The molecule has 1 aromatic carbocycles. The summed E-state index contributed by atoms with van der Waals surface area (Å²) in [4.78, 5) is 4.13. The molecule has 0 unspecified atom stereocenters. The van der Waals surface area contributed by atoms with Crippen molar-refractivity contribution in [3.8, 4) is 16.8 Å². The molecular weight excluding hydrogens is 262 g/mol. The summed E-state index contributed by atoms with van der Waals surface area (Å²) in [6.07, 6.45) is 9.45. The van der Waals surface area contributed by atoms with Gasteiger partial charge in [0.1, 0.15) is 0 Å². The van der Waals surface area contributed by atoms with Crippen molar-refractivity contribution in [2.75, 3.05) is 0 Å². The molecule has 0 saturated carbocycles. The second-order valence-corrected chi connectivity index (χ2v) is 4.96. The van der Waals surface area contributed by atoms with Gasteiger partial charge in [-0.3, -0.25) is 9.67 Å². The minimum Gasteiger partial charge on any atom is -0.275 e. The summed E-state index contributed by atoms with van der Waals surface area (Å²) >= 11 is 0. The lowest BCUT2D eigenvalue weighted by Gasteiger charge is -1.97. The first-order valence-electron chi connectivity index (χ1n) is 6.68. The Bertz CT molecular complexity index is 905. The smallest absolute Gasteiger partial charge is 0.0928 e. The highest BCUT2D eigenvalue weighted by Gasteiger charge is 2.06. The molecular formula is C16H13N5. The molecule has 21 heavy (non-hydrogen) atoms. The minimum absolute atomic E-state index is 0.955. The highest BCUT2D eigenvalue weighted by molar-refractivity contribution is 5.84. The number of pyridine rings is 1. The zero-order valence-corrected chi connectivity index (χ0v) is 11.5. The van der Waals surface area contributed by atoms with Gasteiger partial charge in [-0.1, -0.05) is 6.07 Å². The van der Waals surface area contributed by atoms with Crippen LogP contribution in [0, 0.1) is 0 Å². The van der Waals surface area contributed by atoms with Gasteiger partial charge in [-0.2, -0.15) is 10.2 Å². The molecule has 0 atom stereocenters. The number of benzene rings is 1. The van der Waals surface area contributed by atoms with Gasteiger partial charge in [0.15, 0.2) is 0 Å². The topological polar surface area (TPSA) is 48.5 Å². The molecule has 3 heterocycles. The first-order chi connectivity index (χ1) is 10.3. The Hall–Kier alpha value is -2.95. The van der Waals surface area contributed by atoms with Crippen molar-refractivity contribution in [2.24, 2.45) is 7.05 Å². The first-order valence-corrected chi connectivity index (χ1v) is 6.68. The van der Waals surface area contributed by atoms with Gasteiger partial charge in [-0.05, 0) is 29.8 Å². The van der Waals surface area contributed by atoms with E-state index in [2.05, 4.69) is 27.3 Å². The number of hydrogen-bond acceptors (Lipinski definition) is 3. The summed E-state index contributed by atoms with van der Waals surface area (Å²) in [7, 11) is 1.92. The fraction of sp³-hybridized carbons (Fsp3) is 0.0625. The van der Waals surface area contributed by atoms with Crippen molar-refractivity contribution in [2.45, 2.75) is 0 Å². The standard InChI is InChI=1S/C16H13N5/c1-20-10-14(8-18-20)12-4-5-16-13(7-12)11-21(19-16)15-3-2-6-17-9-15/h2-11H,1H3. The van der Waals surface area contributed by atoms with Gasteiger partial charge in [0, 0.05) is 36.6 Å². The van der Waals surface area contributed by atoms with Crippen molar-refractivity contribution in [1.29, 1.82) is 0 Å². The van der Waals surface area contributed by atoms with Crippen LogP contribution in [0.2, 0.25) is 0 Å². The molecule has 0 radical (unpaired) electrons. The predicted octanol–water partition coefficient (Wildman–Crippen LogP) is 2.82. The van der Waals surface area contributed by atoms with Gasteiger partial charge < -0.3 is 0 Å². The molecule has 0 saturated heterocycles.